The zero-order valence-electron chi connectivity index (χ0n) is 11.0. The molecule has 0 radical (unpaired) electrons. The first-order valence-corrected chi connectivity index (χ1v) is 6.51. The SMILES string of the molecule is CCc1ccc(CC2(C(=O)O)CCOC2C)cc1. The van der Waals surface area contributed by atoms with Crippen LogP contribution >= 0.6 is 0 Å². The van der Waals surface area contributed by atoms with Gasteiger partial charge in [-0.1, -0.05) is 31.2 Å². The normalized spacial score (nSPS) is 27.3. The summed E-state index contributed by atoms with van der Waals surface area (Å²) < 4.78 is 5.47. The van der Waals surface area contributed by atoms with Crippen LogP contribution in [-0.4, -0.2) is 23.8 Å². The van der Waals surface area contributed by atoms with Crippen LogP contribution in [-0.2, 0) is 22.4 Å². The molecule has 0 spiro atoms. The molecule has 2 unspecified atom stereocenters. The van der Waals surface area contributed by atoms with Crippen LogP contribution in [0, 0.1) is 5.41 Å². The Bertz CT molecular complexity index is 424. The molecule has 1 saturated heterocycles. The second-order valence-corrected chi connectivity index (χ2v) is 5.07. The van der Waals surface area contributed by atoms with Crippen molar-refractivity contribution in [2.75, 3.05) is 6.61 Å². The van der Waals surface area contributed by atoms with E-state index in [0.717, 1.165) is 12.0 Å². The van der Waals surface area contributed by atoms with Crippen LogP contribution in [0.15, 0.2) is 24.3 Å². The van der Waals surface area contributed by atoms with Crippen molar-refractivity contribution in [3.8, 4) is 0 Å². The first-order valence-electron chi connectivity index (χ1n) is 6.51. The van der Waals surface area contributed by atoms with Crippen molar-refractivity contribution in [1.29, 1.82) is 0 Å². The number of carboxylic acid groups (broad SMARTS) is 1. The van der Waals surface area contributed by atoms with Crippen molar-refractivity contribution >= 4 is 5.97 Å². The van der Waals surface area contributed by atoms with E-state index in [1.807, 2.05) is 19.1 Å². The van der Waals surface area contributed by atoms with E-state index in [0.29, 0.717) is 19.4 Å². The Hall–Kier alpha value is -1.35. The maximum atomic E-state index is 11.6. The number of rotatable bonds is 4. The fraction of sp³-hybridized carbons (Fsp3) is 0.533. The molecule has 1 fully saturated rings. The Morgan fingerprint density at radius 2 is 2.00 bits per heavy atom. The van der Waals surface area contributed by atoms with Crippen molar-refractivity contribution in [2.45, 2.75) is 39.2 Å². The molecule has 18 heavy (non-hydrogen) atoms. The summed E-state index contributed by atoms with van der Waals surface area (Å²) in [5.41, 5.74) is 1.60. The maximum Gasteiger partial charge on any atom is 0.312 e. The van der Waals surface area contributed by atoms with Gasteiger partial charge in [-0.25, -0.2) is 0 Å². The van der Waals surface area contributed by atoms with Crippen LogP contribution in [0.25, 0.3) is 0 Å². The van der Waals surface area contributed by atoms with Crippen LogP contribution in [0.1, 0.15) is 31.4 Å². The lowest BCUT2D eigenvalue weighted by molar-refractivity contribution is -0.151. The van der Waals surface area contributed by atoms with Crippen molar-refractivity contribution in [1.82, 2.24) is 0 Å². The minimum absolute atomic E-state index is 0.221. The molecule has 98 valence electrons. The zero-order chi connectivity index (χ0) is 13.2. The van der Waals surface area contributed by atoms with E-state index in [1.54, 1.807) is 0 Å². The molecule has 1 aliphatic heterocycles. The average Bonchev–Trinajstić information content (AvgIpc) is 2.73. The van der Waals surface area contributed by atoms with E-state index in [1.165, 1.54) is 5.56 Å². The number of ether oxygens (including phenoxy) is 1. The fourth-order valence-corrected chi connectivity index (χ4v) is 2.63. The van der Waals surface area contributed by atoms with Gasteiger partial charge in [0.25, 0.3) is 0 Å². The van der Waals surface area contributed by atoms with E-state index < -0.39 is 11.4 Å². The topological polar surface area (TPSA) is 46.5 Å². The van der Waals surface area contributed by atoms with Crippen molar-refractivity contribution in [3.63, 3.8) is 0 Å². The predicted molar refractivity (Wildman–Crippen MR) is 69.6 cm³/mol. The molecule has 3 heteroatoms. The maximum absolute atomic E-state index is 11.6. The summed E-state index contributed by atoms with van der Waals surface area (Å²) in [5, 5.41) is 9.52. The van der Waals surface area contributed by atoms with Crippen molar-refractivity contribution < 1.29 is 14.6 Å². The minimum Gasteiger partial charge on any atom is -0.481 e. The lowest BCUT2D eigenvalue weighted by atomic mass is 9.76. The highest BCUT2D eigenvalue weighted by molar-refractivity contribution is 5.76. The van der Waals surface area contributed by atoms with Gasteiger partial charge in [-0.05, 0) is 37.3 Å². The van der Waals surface area contributed by atoms with Crippen LogP contribution in [0.5, 0.6) is 0 Å². The van der Waals surface area contributed by atoms with Gasteiger partial charge in [0.15, 0.2) is 0 Å². The van der Waals surface area contributed by atoms with Gasteiger partial charge < -0.3 is 9.84 Å². The lowest BCUT2D eigenvalue weighted by Gasteiger charge is -2.27. The van der Waals surface area contributed by atoms with E-state index in [9.17, 15) is 9.90 Å². The van der Waals surface area contributed by atoms with E-state index >= 15 is 0 Å². The third-order valence-electron chi connectivity index (χ3n) is 4.07. The molecule has 1 aromatic rings. The van der Waals surface area contributed by atoms with Crippen molar-refractivity contribution in [2.24, 2.45) is 5.41 Å². The number of hydrogen-bond donors (Lipinski definition) is 1. The van der Waals surface area contributed by atoms with Gasteiger partial charge in [0.1, 0.15) is 0 Å². The molecule has 0 saturated carbocycles. The molecular weight excluding hydrogens is 228 g/mol. The monoisotopic (exact) mass is 248 g/mol. The highest BCUT2D eigenvalue weighted by Crippen LogP contribution is 2.38. The van der Waals surface area contributed by atoms with Gasteiger partial charge in [-0.2, -0.15) is 0 Å². The quantitative estimate of drug-likeness (QED) is 0.891. The van der Waals surface area contributed by atoms with E-state index in [4.69, 9.17) is 4.74 Å². The number of benzene rings is 1. The molecular formula is C15H20O3. The predicted octanol–water partition coefficient (Wildman–Crippen LogP) is 2.67. The molecule has 1 aromatic carbocycles. The van der Waals surface area contributed by atoms with Gasteiger partial charge in [0.2, 0.25) is 0 Å². The molecule has 2 atom stereocenters. The highest BCUT2D eigenvalue weighted by atomic mass is 16.5. The molecule has 1 N–H and O–H groups in total. The summed E-state index contributed by atoms with van der Waals surface area (Å²) in [4.78, 5) is 11.6. The Kier molecular flexibility index (Phi) is 3.71. The minimum atomic E-state index is -0.756. The molecule has 1 aliphatic rings. The van der Waals surface area contributed by atoms with E-state index in [-0.39, 0.29) is 6.10 Å². The van der Waals surface area contributed by atoms with Gasteiger partial charge in [-0.3, -0.25) is 4.79 Å². The van der Waals surface area contributed by atoms with Crippen LogP contribution in [0.3, 0.4) is 0 Å². The first-order chi connectivity index (χ1) is 8.58. The number of carboxylic acids is 1. The van der Waals surface area contributed by atoms with Gasteiger partial charge in [-0.15, -0.1) is 0 Å². The third-order valence-corrected chi connectivity index (χ3v) is 4.07. The molecule has 0 bridgehead atoms. The standard InChI is InChI=1S/C15H20O3/c1-3-12-4-6-13(7-5-12)10-15(14(16)17)8-9-18-11(15)2/h4-7,11H,3,8-10H2,1-2H3,(H,16,17). The zero-order valence-corrected chi connectivity index (χ0v) is 11.0. The highest BCUT2D eigenvalue weighted by Gasteiger charge is 2.48. The Balaban J connectivity index is 2.21. The van der Waals surface area contributed by atoms with Crippen LogP contribution in [0.4, 0.5) is 0 Å². The largest absolute Gasteiger partial charge is 0.481 e. The number of aliphatic carboxylic acids is 1. The van der Waals surface area contributed by atoms with Gasteiger partial charge in [0.05, 0.1) is 11.5 Å². The van der Waals surface area contributed by atoms with Crippen molar-refractivity contribution in [3.05, 3.63) is 35.4 Å². The number of aryl methyl sites for hydroxylation is 1. The van der Waals surface area contributed by atoms with Gasteiger partial charge in [0, 0.05) is 6.61 Å². The van der Waals surface area contributed by atoms with Gasteiger partial charge >= 0.3 is 5.97 Å². The summed E-state index contributed by atoms with van der Waals surface area (Å²) in [7, 11) is 0. The number of carbonyl (C=O) groups is 1. The molecule has 2 rings (SSSR count). The third kappa shape index (κ3) is 2.27. The second kappa shape index (κ2) is 5.11. The number of hydrogen-bond acceptors (Lipinski definition) is 2. The smallest absolute Gasteiger partial charge is 0.312 e. The summed E-state index contributed by atoms with van der Waals surface area (Å²) in [6.45, 7) is 4.52. The first kappa shape index (κ1) is 13.1. The summed E-state index contributed by atoms with van der Waals surface area (Å²) in [6, 6.07) is 8.22. The lowest BCUT2D eigenvalue weighted by Crippen LogP contribution is -2.39. The summed E-state index contributed by atoms with van der Waals surface area (Å²) in [5.74, 6) is -0.743. The van der Waals surface area contributed by atoms with Crippen LogP contribution < -0.4 is 0 Å². The Morgan fingerprint density at radius 3 is 2.44 bits per heavy atom. The summed E-state index contributed by atoms with van der Waals surface area (Å²) in [6.07, 6.45) is 1.93. The summed E-state index contributed by atoms with van der Waals surface area (Å²) >= 11 is 0. The molecule has 0 amide bonds. The Morgan fingerprint density at radius 1 is 1.39 bits per heavy atom. The Labute approximate surface area is 108 Å². The van der Waals surface area contributed by atoms with E-state index in [2.05, 4.69) is 19.1 Å². The molecule has 1 heterocycles. The average molecular weight is 248 g/mol. The molecule has 0 aromatic heterocycles. The molecule has 3 nitrogen and oxygen atoms in total. The second-order valence-electron chi connectivity index (χ2n) is 5.07. The van der Waals surface area contributed by atoms with Crippen LogP contribution in [0.2, 0.25) is 0 Å². The molecule has 0 aliphatic carbocycles. The fourth-order valence-electron chi connectivity index (χ4n) is 2.63.